The summed E-state index contributed by atoms with van der Waals surface area (Å²) in [5, 5.41) is 2.78. The number of nitrogens with one attached hydrogen (secondary N) is 1. The quantitative estimate of drug-likeness (QED) is 0.805. The number of benzene rings is 1. The lowest BCUT2D eigenvalue weighted by Gasteiger charge is -2.20. The molecule has 2 amide bonds. The van der Waals surface area contributed by atoms with Crippen LogP contribution in [0.15, 0.2) is 42.6 Å². The molecule has 0 radical (unpaired) electrons. The van der Waals surface area contributed by atoms with E-state index >= 15 is 0 Å². The van der Waals surface area contributed by atoms with Gasteiger partial charge in [-0.15, -0.1) is 0 Å². The Morgan fingerprint density at radius 3 is 2.93 bits per heavy atom. The number of aromatic nitrogens is 1. The van der Waals surface area contributed by atoms with Crippen molar-refractivity contribution in [3.8, 4) is 0 Å². The van der Waals surface area contributed by atoms with Crippen LogP contribution in [0.25, 0.3) is 6.08 Å². The average molecular weight is 389 g/mol. The van der Waals surface area contributed by atoms with Crippen molar-refractivity contribution >= 4 is 23.7 Å². The summed E-state index contributed by atoms with van der Waals surface area (Å²) in [5.74, 6) is 1.23. The van der Waals surface area contributed by atoms with Gasteiger partial charge in [0.15, 0.2) is 0 Å². The first-order chi connectivity index (χ1) is 14.1. The van der Waals surface area contributed by atoms with Crippen LogP contribution in [0.2, 0.25) is 0 Å². The predicted molar refractivity (Wildman–Crippen MR) is 115 cm³/mol. The van der Waals surface area contributed by atoms with Crippen LogP contribution >= 0.6 is 0 Å². The van der Waals surface area contributed by atoms with E-state index in [9.17, 15) is 9.59 Å². The van der Waals surface area contributed by atoms with Crippen molar-refractivity contribution in [2.45, 2.75) is 44.9 Å². The summed E-state index contributed by atoms with van der Waals surface area (Å²) in [5.41, 5.74) is 4.67. The lowest BCUT2D eigenvalue weighted by Crippen LogP contribution is -2.30. The molecule has 1 N–H and O–H groups in total. The maximum atomic E-state index is 12.7. The van der Waals surface area contributed by atoms with E-state index in [-0.39, 0.29) is 11.8 Å². The molecule has 1 atom stereocenters. The van der Waals surface area contributed by atoms with Crippen molar-refractivity contribution in [1.82, 2.24) is 9.88 Å². The Balaban J connectivity index is 1.39. The Labute approximate surface area is 171 Å². The third-order valence-corrected chi connectivity index (χ3v) is 5.95. The fourth-order valence-electron chi connectivity index (χ4n) is 4.31. The number of amides is 2. The van der Waals surface area contributed by atoms with Crippen LogP contribution in [0.5, 0.6) is 0 Å². The minimum atomic E-state index is 0.00799. The van der Waals surface area contributed by atoms with Gasteiger partial charge in [-0.3, -0.25) is 9.59 Å². The number of hydrogen-bond donors (Lipinski definition) is 1. The third kappa shape index (κ3) is 4.56. The Hall–Kier alpha value is -2.95. The molecule has 2 aromatic rings. The van der Waals surface area contributed by atoms with Gasteiger partial charge in [0, 0.05) is 31.8 Å². The first-order valence-corrected chi connectivity index (χ1v) is 10.4. The second kappa shape index (κ2) is 8.60. The lowest BCUT2D eigenvalue weighted by atomic mass is 9.89. The monoisotopic (exact) mass is 389 g/mol. The minimum Gasteiger partial charge on any atom is -0.339 e. The number of rotatable bonds is 3. The standard InChI is InChI=1S/C24H27N3O2/c1-17-5-2-3-7-21(17)19-6-4-13-27(14-12-19)23(29)11-8-18-15-20-9-10-22(28)26-24(20)25-16-18/h2-3,5,7-8,11,15-16,19H,4,6,9-10,12-14H2,1H3,(H,25,26,28)/b11-8+. The number of fused-ring (bicyclic) bond motifs is 1. The molecule has 1 aromatic carbocycles. The van der Waals surface area contributed by atoms with Gasteiger partial charge >= 0.3 is 0 Å². The minimum absolute atomic E-state index is 0.00799. The highest BCUT2D eigenvalue weighted by Crippen LogP contribution is 2.30. The third-order valence-electron chi connectivity index (χ3n) is 5.95. The fourth-order valence-corrected chi connectivity index (χ4v) is 4.31. The number of anilines is 1. The van der Waals surface area contributed by atoms with Gasteiger partial charge in [0.2, 0.25) is 11.8 Å². The molecule has 1 unspecified atom stereocenters. The molecule has 0 saturated carbocycles. The summed E-state index contributed by atoms with van der Waals surface area (Å²) in [6, 6.07) is 10.6. The van der Waals surface area contributed by atoms with Gasteiger partial charge < -0.3 is 10.2 Å². The molecule has 2 aliphatic rings. The number of pyridine rings is 1. The predicted octanol–water partition coefficient (Wildman–Crippen LogP) is 4.08. The van der Waals surface area contributed by atoms with Crippen molar-refractivity contribution in [2.24, 2.45) is 0 Å². The number of nitrogens with zero attached hydrogens (tertiary/aromatic N) is 2. The van der Waals surface area contributed by atoms with Gasteiger partial charge in [0.1, 0.15) is 5.82 Å². The summed E-state index contributed by atoms with van der Waals surface area (Å²) in [6.07, 6.45) is 9.51. The summed E-state index contributed by atoms with van der Waals surface area (Å²) in [6.45, 7) is 3.76. The molecular weight excluding hydrogens is 362 g/mol. The molecule has 5 nitrogen and oxygen atoms in total. The maximum Gasteiger partial charge on any atom is 0.246 e. The Bertz CT molecular complexity index is 951. The Morgan fingerprint density at radius 2 is 2.07 bits per heavy atom. The highest BCUT2D eigenvalue weighted by atomic mass is 16.2. The van der Waals surface area contributed by atoms with Gasteiger partial charge in [-0.1, -0.05) is 24.3 Å². The zero-order valence-electron chi connectivity index (χ0n) is 16.9. The Kier molecular flexibility index (Phi) is 5.74. The molecular formula is C24H27N3O2. The van der Waals surface area contributed by atoms with E-state index in [1.165, 1.54) is 11.1 Å². The molecule has 2 aliphatic heterocycles. The molecule has 3 heterocycles. The van der Waals surface area contributed by atoms with E-state index in [4.69, 9.17) is 0 Å². The topological polar surface area (TPSA) is 62.3 Å². The van der Waals surface area contributed by atoms with Crippen molar-refractivity contribution in [3.05, 3.63) is 64.9 Å². The van der Waals surface area contributed by atoms with Gasteiger partial charge in [-0.25, -0.2) is 4.98 Å². The smallest absolute Gasteiger partial charge is 0.246 e. The number of aryl methyl sites for hydroxylation is 2. The van der Waals surface area contributed by atoms with Crippen molar-refractivity contribution < 1.29 is 9.59 Å². The molecule has 0 spiro atoms. The van der Waals surface area contributed by atoms with Crippen LogP contribution in [0.4, 0.5) is 5.82 Å². The van der Waals surface area contributed by atoms with Crippen LogP contribution in [0, 0.1) is 6.92 Å². The zero-order chi connectivity index (χ0) is 20.2. The van der Waals surface area contributed by atoms with Gasteiger partial charge in [-0.2, -0.15) is 0 Å². The SMILES string of the molecule is Cc1ccccc1C1CCCN(C(=O)/C=C/c2cnc3c(c2)CCC(=O)N3)CC1. The molecule has 5 heteroatoms. The zero-order valence-corrected chi connectivity index (χ0v) is 16.9. The summed E-state index contributed by atoms with van der Waals surface area (Å²) in [4.78, 5) is 30.5. The first-order valence-electron chi connectivity index (χ1n) is 10.4. The van der Waals surface area contributed by atoms with Crippen molar-refractivity contribution in [2.75, 3.05) is 18.4 Å². The van der Waals surface area contributed by atoms with E-state index < -0.39 is 0 Å². The van der Waals surface area contributed by atoms with Crippen LogP contribution < -0.4 is 5.32 Å². The summed E-state index contributed by atoms with van der Waals surface area (Å²) >= 11 is 0. The second-order valence-corrected chi connectivity index (χ2v) is 7.97. The largest absolute Gasteiger partial charge is 0.339 e. The molecule has 0 aliphatic carbocycles. The molecule has 29 heavy (non-hydrogen) atoms. The first kappa shape index (κ1) is 19.4. The van der Waals surface area contributed by atoms with Gasteiger partial charge in [0.25, 0.3) is 0 Å². The van der Waals surface area contributed by atoms with Crippen molar-refractivity contribution in [3.63, 3.8) is 0 Å². The van der Waals surface area contributed by atoms with E-state index in [1.807, 2.05) is 17.0 Å². The van der Waals surface area contributed by atoms with E-state index in [0.717, 1.165) is 43.5 Å². The highest BCUT2D eigenvalue weighted by molar-refractivity contribution is 5.93. The van der Waals surface area contributed by atoms with Crippen LogP contribution in [-0.4, -0.2) is 34.8 Å². The molecule has 1 fully saturated rings. The van der Waals surface area contributed by atoms with E-state index in [2.05, 4.69) is 41.5 Å². The Morgan fingerprint density at radius 1 is 1.21 bits per heavy atom. The summed E-state index contributed by atoms with van der Waals surface area (Å²) < 4.78 is 0. The number of likely N-dealkylation sites (tertiary alicyclic amines) is 1. The molecule has 4 rings (SSSR count). The summed E-state index contributed by atoms with van der Waals surface area (Å²) in [7, 11) is 0. The van der Waals surface area contributed by atoms with Gasteiger partial charge in [0.05, 0.1) is 0 Å². The van der Waals surface area contributed by atoms with E-state index in [1.54, 1.807) is 12.3 Å². The lowest BCUT2D eigenvalue weighted by molar-refractivity contribution is -0.126. The van der Waals surface area contributed by atoms with Gasteiger partial charge in [-0.05, 0) is 72.9 Å². The number of carbonyl (C=O) groups excluding carboxylic acids is 2. The normalized spacial score (nSPS) is 19.6. The maximum absolute atomic E-state index is 12.7. The molecule has 0 bridgehead atoms. The molecule has 1 aromatic heterocycles. The fraction of sp³-hybridized carbons (Fsp3) is 0.375. The van der Waals surface area contributed by atoms with Crippen LogP contribution in [0.1, 0.15) is 53.9 Å². The van der Waals surface area contributed by atoms with Crippen molar-refractivity contribution in [1.29, 1.82) is 0 Å². The molecule has 1 saturated heterocycles. The van der Waals surface area contributed by atoms with E-state index in [0.29, 0.717) is 24.6 Å². The number of hydrogen-bond acceptors (Lipinski definition) is 3. The van der Waals surface area contributed by atoms with Crippen LogP contribution in [-0.2, 0) is 16.0 Å². The molecule has 150 valence electrons. The second-order valence-electron chi connectivity index (χ2n) is 7.97. The van der Waals surface area contributed by atoms with Crippen LogP contribution in [0.3, 0.4) is 0 Å². The average Bonchev–Trinajstić information content (AvgIpc) is 2.98. The number of carbonyl (C=O) groups is 2. The highest BCUT2D eigenvalue weighted by Gasteiger charge is 2.21.